The predicted molar refractivity (Wildman–Crippen MR) is 144 cm³/mol. The van der Waals surface area contributed by atoms with Crippen molar-refractivity contribution in [3.05, 3.63) is 60.2 Å². The van der Waals surface area contributed by atoms with E-state index in [1.54, 1.807) is 12.1 Å². The van der Waals surface area contributed by atoms with Crippen molar-refractivity contribution >= 4 is 16.1 Å². The minimum Gasteiger partial charge on any atom is -0.497 e. The van der Waals surface area contributed by atoms with Crippen molar-refractivity contribution in [3.8, 4) is 5.75 Å². The summed E-state index contributed by atoms with van der Waals surface area (Å²) in [6, 6.07) is 14.7. The highest BCUT2D eigenvalue weighted by Gasteiger charge is 2.44. The number of aliphatic hydroxyl groups excluding tert-OH is 1. The molecule has 2 fully saturated rings. The van der Waals surface area contributed by atoms with Gasteiger partial charge in [-0.05, 0) is 48.6 Å². The number of carbonyl (C=O) groups excluding carboxylic acids is 1. The number of nitrogens with zero attached hydrogens (tertiary/aromatic N) is 1. The van der Waals surface area contributed by atoms with Crippen LogP contribution in [0.2, 0.25) is 0 Å². The van der Waals surface area contributed by atoms with Gasteiger partial charge in [0.25, 0.3) is 0 Å². The third-order valence-corrected chi connectivity index (χ3v) is 8.81. The lowest BCUT2D eigenvalue weighted by molar-refractivity contribution is -0.0907. The number of sulfonamides is 1. The van der Waals surface area contributed by atoms with Crippen molar-refractivity contribution in [1.82, 2.24) is 9.62 Å². The Bertz CT molecular complexity index is 1180. The first-order chi connectivity index (χ1) is 18.7. The Morgan fingerprint density at radius 2 is 1.82 bits per heavy atom. The number of methoxy groups -OCH3 is 1. The van der Waals surface area contributed by atoms with Gasteiger partial charge in [-0.15, -0.1) is 0 Å². The Labute approximate surface area is 230 Å². The van der Waals surface area contributed by atoms with Gasteiger partial charge in [0.2, 0.25) is 10.0 Å². The summed E-state index contributed by atoms with van der Waals surface area (Å²) in [6.07, 6.45) is -1.69. The van der Waals surface area contributed by atoms with E-state index >= 15 is 0 Å². The summed E-state index contributed by atoms with van der Waals surface area (Å²) in [5.41, 5.74) is 0.878. The SMILES string of the molecule is COc1ccc(S(=O)(=O)N(CC(C)C)C[C@@H](O)[C@H](Cc2ccccc2)NC(=O)OC2CO[C@H]3OCC[C@@H]23)cc1. The van der Waals surface area contributed by atoms with Crippen LogP contribution in [0.5, 0.6) is 5.75 Å². The number of hydrogen-bond acceptors (Lipinski definition) is 8. The first kappa shape index (κ1) is 29.3. The molecule has 2 aliphatic rings. The quantitative estimate of drug-likeness (QED) is 0.405. The lowest BCUT2D eigenvalue weighted by Crippen LogP contribution is -2.51. The number of amides is 1. The smallest absolute Gasteiger partial charge is 0.407 e. The van der Waals surface area contributed by atoms with Gasteiger partial charge >= 0.3 is 6.09 Å². The zero-order valence-corrected chi connectivity index (χ0v) is 23.4. The fraction of sp³-hybridized carbons (Fsp3) is 0.536. The molecule has 2 aromatic rings. The van der Waals surface area contributed by atoms with E-state index in [4.69, 9.17) is 18.9 Å². The highest BCUT2D eigenvalue weighted by Crippen LogP contribution is 2.33. The Kier molecular flexibility index (Phi) is 9.84. The lowest BCUT2D eigenvalue weighted by atomic mass is 10.0. The van der Waals surface area contributed by atoms with Crippen LogP contribution in [0.3, 0.4) is 0 Å². The van der Waals surface area contributed by atoms with Gasteiger partial charge in [-0.3, -0.25) is 0 Å². The fourth-order valence-corrected chi connectivity index (χ4v) is 6.55. The van der Waals surface area contributed by atoms with Crippen LogP contribution in [0.25, 0.3) is 0 Å². The molecule has 4 rings (SSSR count). The highest BCUT2D eigenvalue weighted by molar-refractivity contribution is 7.89. The molecular formula is C28H38N2O8S. The van der Waals surface area contributed by atoms with Crippen LogP contribution in [0.4, 0.5) is 4.79 Å². The molecule has 2 saturated heterocycles. The molecule has 0 saturated carbocycles. The van der Waals surface area contributed by atoms with Crippen molar-refractivity contribution < 1.29 is 37.3 Å². The number of carbonyl (C=O) groups is 1. The molecule has 0 aromatic heterocycles. The second-order valence-corrected chi connectivity index (χ2v) is 12.3. The molecule has 0 aliphatic carbocycles. The molecule has 1 amide bonds. The van der Waals surface area contributed by atoms with Crippen LogP contribution in [0.1, 0.15) is 25.8 Å². The van der Waals surface area contributed by atoms with E-state index in [-0.39, 0.29) is 49.1 Å². The maximum atomic E-state index is 13.6. The zero-order valence-electron chi connectivity index (χ0n) is 22.6. The van der Waals surface area contributed by atoms with E-state index in [0.717, 1.165) is 12.0 Å². The van der Waals surface area contributed by atoms with Crippen LogP contribution in [-0.4, -0.2) is 81.9 Å². The molecule has 2 N–H and O–H groups in total. The van der Waals surface area contributed by atoms with Crippen LogP contribution < -0.4 is 10.1 Å². The molecule has 214 valence electrons. The molecule has 11 heteroatoms. The summed E-state index contributed by atoms with van der Waals surface area (Å²) in [6.45, 7) is 4.59. The van der Waals surface area contributed by atoms with Crippen LogP contribution in [-0.2, 0) is 30.7 Å². The van der Waals surface area contributed by atoms with Crippen LogP contribution in [0, 0.1) is 11.8 Å². The minimum atomic E-state index is -3.94. The Hall–Kier alpha value is -2.70. The third kappa shape index (κ3) is 7.49. The van der Waals surface area contributed by atoms with Gasteiger partial charge in [-0.25, -0.2) is 13.2 Å². The number of ether oxygens (including phenoxy) is 4. The van der Waals surface area contributed by atoms with Gasteiger partial charge < -0.3 is 29.4 Å². The van der Waals surface area contributed by atoms with Crippen LogP contribution >= 0.6 is 0 Å². The monoisotopic (exact) mass is 562 g/mol. The zero-order chi connectivity index (χ0) is 28.0. The van der Waals surface area contributed by atoms with E-state index < -0.39 is 34.4 Å². The molecule has 0 spiro atoms. The van der Waals surface area contributed by atoms with E-state index in [9.17, 15) is 18.3 Å². The first-order valence-corrected chi connectivity index (χ1v) is 14.7. The van der Waals surface area contributed by atoms with Crippen molar-refractivity contribution in [2.45, 2.75) is 56.1 Å². The maximum Gasteiger partial charge on any atom is 0.407 e. The van der Waals surface area contributed by atoms with E-state index in [0.29, 0.717) is 12.4 Å². The molecule has 2 aliphatic heterocycles. The number of aliphatic hydroxyl groups is 1. The second kappa shape index (κ2) is 13.1. The van der Waals surface area contributed by atoms with Crippen LogP contribution in [0.15, 0.2) is 59.5 Å². The molecule has 0 radical (unpaired) electrons. The highest BCUT2D eigenvalue weighted by atomic mass is 32.2. The van der Waals surface area contributed by atoms with E-state index in [1.807, 2.05) is 44.2 Å². The van der Waals surface area contributed by atoms with E-state index in [1.165, 1.54) is 23.5 Å². The van der Waals surface area contributed by atoms with Gasteiger partial charge in [0.05, 0.1) is 43.3 Å². The number of alkyl carbamates (subject to hydrolysis) is 1. The Morgan fingerprint density at radius 1 is 1.10 bits per heavy atom. The topological polar surface area (TPSA) is 124 Å². The predicted octanol–water partition coefficient (Wildman–Crippen LogP) is 2.80. The van der Waals surface area contributed by atoms with E-state index in [2.05, 4.69) is 5.32 Å². The summed E-state index contributed by atoms with van der Waals surface area (Å²) < 4.78 is 50.3. The number of benzene rings is 2. The fourth-order valence-electron chi connectivity index (χ4n) is 4.93. The van der Waals surface area contributed by atoms with Crippen molar-refractivity contribution in [2.75, 3.05) is 33.4 Å². The third-order valence-electron chi connectivity index (χ3n) is 6.97. The molecule has 2 aromatic carbocycles. The van der Waals surface area contributed by atoms with Gasteiger partial charge in [0.1, 0.15) is 11.9 Å². The standard InChI is InChI=1S/C28H38N2O8S/c1-19(2)16-30(39(33,34)22-11-9-21(35-3)10-12-22)17-25(31)24(15-20-7-5-4-6-8-20)29-28(32)38-26-18-37-27-23(26)13-14-36-27/h4-12,19,23-27,31H,13-18H2,1-3H3,(H,29,32)/t23-,24-,25+,26?,27+/m0/s1. The summed E-state index contributed by atoms with van der Waals surface area (Å²) in [7, 11) is -2.43. The summed E-state index contributed by atoms with van der Waals surface area (Å²) >= 11 is 0. The minimum absolute atomic E-state index is 0.000311. The molecule has 1 unspecified atom stereocenters. The largest absolute Gasteiger partial charge is 0.497 e. The summed E-state index contributed by atoms with van der Waals surface area (Å²) in [5.74, 6) is 0.516. The molecule has 5 atom stereocenters. The second-order valence-electron chi connectivity index (χ2n) is 10.4. The van der Waals surface area contributed by atoms with Gasteiger partial charge in [-0.1, -0.05) is 44.2 Å². The van der Waals surface area contributed by atoms with Crippen molar-refractivity contribution in [3.63, 3.8) is 0 Å². The van der Waals surface area contributed by atoms with Gasteiger partial charge in [0, 0.05) is 13.1 Å². The number of rotatable bonds is 12. The first-order valence-electron chi connectivity index (χ1n) is 13.2. The average Bonchev–Trinajstić information content (AvgIpc) is 3.53. The summed E-state index contributed by atoms with van der Waals surface area (Å²) in [5, 5.41) is 14.2. The Balaban J connectivity index is 1.51. The Morgan fingerprint density at radius 3 is 2.49 bits per heavy atom. The number of nitrogens with one attached hydrogen (secondary N) is 1. The molecule has 10 nitrogen and oxygen atoms in total. The molecule has 2 heterocycles. The summed E-state index contributed by atoms with van der Waals surface area (Å²) in [4.78, 5) is 13.0. The number of fused-ring (bicyclic) bond motifs is 1. The molecular weight excluding hydrogens is 524 g/mol. The van der Waals surface area contributed by atoms with Gasteiger partial charge in [0.15, 0.2) is 6.29 Å². The molecule has 0 bridgehead atoms. The normalized spacial score (nSPS) is 22.5. The average molecular weight is 563 g/mol. The maximum absolute atomic E-state index is 13.6. The molecule has 39 heavy (non-hydrogen) atoms. The number of hydrogen-bond donors (Lipinski definition) is 2. The lowest BCUT2D eigenvalue weighted by Gasteiger charge is -2.31. The van der Waals surface area contributed by atoms with Crippen molar-refractivity contribution in [2.24, 2.45) is 11.8 Å². The van der Waals surface area contributed by atoms with Crippen molar-refractivity contribution in [1.29, 1.82) is 0 Å². The van der Waals surface area contributed by atoms with Gasteiger partial charge in [-0.2, -0.15) is 4.31 Å².